The molecule has 0 N–H and O–H groups in total. The second kappa shape index (κ2) is 10.2. The number of nitriles is 1. The fraction of sp³-hybridized carbons (Fsp3) is 0.120. The Morgan fingerprint density at radius 1 is 1.03 bits per heavy atom. The Labute approximate surface area is 191 Å². The van der Waals surface area contributed by atoms with Crippen LogP contribution in [0.25, 0.3) is 6.08 Å². The van der Waals surface area contributed by atoms with Gasteiger partial charge >= 0.3 is 0 Å². The Morgan fingerprint density at radius 3 is 2.42 bits per heavy atom. The summed E-state index contributed by atoms with van der Waals surface area (Å²) in [5, 5.41) is 10.6. The maximum Gasteiger partial charge on any atom is 0.203 e. The summed E-state index contributed by atoms with van der Waals surface area (Å²) in [6, 6.07) is 19.5. The van der Waals surface area contributed by atoms with Crippen molar-refractivity contribution in [1.29, 1.82) is 5.26 Å². The summed E-state index contributed by atoms with van der Waals surface area (Å²) >= 11 is 12.1. The molecule has 31 heavy (non-hydrogen) atoms. The van der Waals surface area contributed by atoms with Crippen molar-refractivity contribution in [2.75, 3.05) is 7.11 Å². The molecule has 4 nitrogen and oxygen atoms in total. The molecule has 3 rings (SSSR count). The van der Waals surface area contributed by atoms with Crippen LogP contribution in [0.3, 0.4) is 0 Å². The second-order valence-electron chi connectivity index (χ2n) is 6.80. The minimum Gasteiger partial charge on any atom is -0.493 e. The van der Waals surface area contributed by atoms with E-state index in [1.165, 1.54) is 13.2 Å². The van der Waals surface area contributed by atoms with Gasteiger partial charge in [-0.05, 0) is 42.8 Å². The molecule has 0 heterocycles. The van der Waals surface area contributed by atoms with Gasteiger partial charge in [0.25, 0.3) is 0 Å². The lowest BCUT2D eigenvalue weighted by molar-refractivity contribution is 0.104. The molecule has 0 aliphatic carbocycles. The standard InChI is InChI=1S/C25H19Cl2NO3/c1-16-3-6-18(7-4-16)25(29)20(14-28)11-17-5-10-23(24(12-17)30-2)31-15-19-8-9-21(26)13-22(19)27/h3-13H,15H2,1-2H3/b20-11+. The van der Waals surface area contributed by atoms with Crippen molar-refractivity contribution in [2.24, 2.45) is 0 Å². The third-order valence-corrected chi connectivity index (χ3v) is 5.16. The van der Waals surface area contributed by atoms with Crippen LogP contribution in [-0.4, -0.2) is 12.9 Å². The molecule has 0 atom stereocenters. The van der Waals surface area contributed by atoms with Crippen LogP contribution in [0, 0.1) is 18.3 Å². The monoisotopic (exact) mass is 451 g/mol. The van der Waals surface area contributed by atoms with Crippen LogP contribution >= 0.6 is 23.2 Å². The average Bonchev–Trinajstić information content (AvgIpc) is 2.77. The number of methoxy groups -OCH3 is 1. The van der Waals surface area contributed by atoms with E-state index >= 15 is 0 Å². The summed E-state index contributed by atoms with van der Waals surface area (Å²) in [6.45, 7) is 2.17. The van der Waals surface area contributed by atoms with Crippen LogP contribution in [-0.2, 0) is 6.61 Å². The highest BCUT2D eigenvalue weighted by molar-refractivity contribution is 6.35. The molecule has 156 valence electrons. The molecule has 0 bridgehead atoms. The van der Waals surface area contributed by atoms with E-state index in [2.05, 4.69) is 0 Å². The minimum atomic E-state index is -0.334. The lowest BCUT2D eigenvalue weighted by Gasteiger charge is -2.12. The van der Waals surface area contributed by atoms with Crippen molar-refractivity contribution in [3.8, 4) is 17.6 Å². The van der Waals surface area contributed by atoms with Crippen molar-refractivity contribution >= 4 is 35.1 Å². The number of allylic oxidation sites excluding steroid dienone is 1. The van der Waals surface area contributed by atoms with E-state index in [0.29, 0.717) is 32.7 Å². The Balaban J connectivity index is 1.81. The van der Waals surface area contributed by atoms with E-state index in [4.69, 9.17) is 32.7 Å². The van der Waals surface area contributed by atoms with Gasteiger partial charge < -0.3 is 9.47 Å². The quantitative estimate of drug-likeness (QED) is 0.228. The van der Waals surface area contributed by atoms with Crippen LogP contribution in [0.2, 0.25) is 10.0 Å². The normalized spacial score (nSPS) is 11.0. The summed E-state index contributed by atoms with van der Waals surface area (Å²) in [7, 11) is 1.52. The first-order chi connectivity index (χ1) is 14.9. The summed E-state index contributed by atoms with van der Waals surface area (Å²) in [5.41, 5.74) is 2.97. The van der Waals surface area contributed by atoms with Gasteiger partial charge in [0.15, 0.2) is 11.5 Å². The van der Waals surface area contributed by atoms with Gasteiger partial charge in [-0.25, -0.2) is 0 Å². The Hall–Kier alpha value is -3.26. The highest BCUT2D eigenvalue weighted by atomic mass is 35.5. The predicted octanol–water partition coefficient (Wildman–Crippen LogP) is 6.68. The number of carbonyl (C=O) groups is 1. The van der Waals surface area contributed by atoms with Crippen LogP contribution in [0.1, 0.15) is 27.0 Å². The van der Waals surface area contributed by atoms with Crippen molar-refractivity contribution in [3.05, 3.63) is 98.5 Å². The van der Waals surface area contributed by atoms with Crippen LogP contribution in [0.5, 0.6) is 11.5 Å². The highest BCUT2D eigenvalue weighted by Gasteiger charge is 2.13. The molecule has 0 radical (unpaired) electrons. The van der Waals surface area contributed by atoms with Gasteiger partial charge in [-0.3, -0.25) is 4.79 Å². The highest BCUT2D eigenvalue weighted by Crippen LogP contribution is 2.31. The van der Waals surface area contributed by atoms with Gasteiger partial charge in [0.05, 0.1) is 7.11 Å². The Kier molecular flexibility index (Phi) is 7.36. The van der Waals surface area contributed by atoms with Crippen LogP contribution in [0.15, 0.2) is 66.2 Å². The molecule has 3 aromatic rings. The van der Waals surface area contributed by atoms with Gasteiger partial charge in [-0.2, -0.15) is 5.26 Å². The zero-order valence-electron chi connectivity index (χ0n) is 17.0. The van der Waals surface area contributed by atoms with E-state index in [0.717, 1.165) is 11.1 Å². The molecule has 0 aliphatic heterocycles. The third kappa shape index (κ3) is 5.67. The fourth-order valence-electron chi connectivity index (χ4n) is 2.86. The van der Waals surface area contributed by atoms with Gasteiger partial charge in [-0.1, -0.05) is 65.2 Å². The number of rotatable bonds is 7. The summed E-state index contributed by atoms with van der Waals surface area (Å²) in [5.74, 6) is 0.645. The molecule has 0 aromatic heterocycles. The smallest absolute Gasteiger partial charge is 0.203 e. The zero-order valence-corrected chi connectivity index (χ0v) is 18.5. The molecule has 0 saturated heterocycles. The SMILES string of the molecule is COc1cc(/C=C(\C#N)C(=O)c2ccc(C)cc2)ccc1OCc1ccc(Cl)cc1Cl. The number of ketones is 1. The number of ether oxygens (including phenoxy) is 2. The molecule has 0 unspecified atom stereocenters. The van der Waals surface area contributed by atoms with Crippen LogP contribution < -0.4 is 9.47 Å². The number of carbonyl (C=O) groups excluding carboxylic acids is 1. The molecule has 0 amide bonds. The van der Waals surface area contributed by atoms with E-state index in [-0.39, 0.29) is 18.0 Å². The van der Waals surface area contributed by atoms with Gasteiger partial charge in [0, 0.05) is 21.2 Å². The number of Topliss-reactive ketones (excluding diaryl/α,β-unsaturated/α-hetero) is 1. The largest absolute Gasteiger partial charge is 0.493 e. The number of hydrogen-bond acceptors (Lipinski definition) is 4. The molecule has 6 heteroatoms. The van der Waals surface area contributed by atoms with E-state index in [1.807, 2.05) is 25.1 Å². The number of aryl methyl sites for hydroxylation is 1. The first-order valence-electron chi connectivity index (χ1n) is 9.39. The first kappa shape index (κ1) is 22.4. The third-order valence-electron chi connectivity index (χ3n) is 4.58. The maximum absolute atomic E-state index is 12.7. The zero-order chi connectivity index (χ0) is 22.4. The molecule has 3 aromatic carbocycles. The topological polar surface area (TPSA) is 59.3 Å². The average molecular weight is 452 g/mol. The molecular weight excluding hydrogens is 433 g/mol. The Bertz CT molecular complexity index is 1180. The molecule has 0 aliphatic rings. The first-order valence-corrected chi connectivity index (χ1v) is 10.1. The lowest BCUT2D eigenvalue weighted by atomic mass is 10.0. The maximum atomic E-state index is 12.7. The number of nitrogens with zero attached hydrogens (tertiary/aromatic N) is 1. The van der Waals surface area contributed by atoms with E-state index in [9.17, 15) is 10.1 Å². The summed E-state index contributed by atoms with van der Waals surface area (Å²) in [4.78, 5) is 12.7. The van der Waals surface area contributed by atoms with Crippen LogP contribution in [0.4, 0.5) is 0 Å². The van der Waals surface area contributed by atoms with Crippen molar-refractivity contribution in [2.45, 2.75) is 13.5 Å². The summed E-state index contributed by atoms with van der Waals surface area (Å²) < 4.78 is 11.3. The second-order valence-corrected chi connectivity index (χ2v) is 7.64. The number of benzene rings is 3. The molecular formula is C25H19Cl2NO3. The van der Waals surface area contributed by atoms with Crippen molar-refractivity contribution in [1.82, 2.24) is 0 Å². The fourth-order valence-corrected chi connectivity index (χ4v) is 3.33. The van der Waals surface area contributed by atoms with Gasteiger partial charge in [0.1, 0.15) is 18.2 Å². The molecule has 0 fully saturated rings. The van der Waals surface area contributed by atoms with E-state index in [1.54, 1.807) is 48.5 Å². The van der Waals surface area contributed by atoms with Gasteiger partial charge in [0.2, 0.25) is 5.78 Å². The summed E-state index contributed by atoms with van der Waals surface area (Å²) in [6.07, 6.45) is 1.53. The molecule has 0 spiro atoms. The number of halogens is 2. The van der Waals surface area contributed by atoms with E-state index < -0.39 is 0 Å². The lowest BCUT2D eigenvalue weighted by Crippen LogP contribution is -2.02. The molecule has 0 saturated carbocycles. The van der Waals surface area contributed by atoms with Gasteiger partial charge in [-0.15, -0.1) is 0 Å². The number of hydrogen-bond donors (Lipinski definition) is 0. The minimum absolute atomic E-state index is 0.0347. The predicted molar refractivity (Wildman–Crippen MR) is 123 cm³/mol. The Morgan fingerprint density at radius 2 is 1.77 bits per heavy atom. The van der Waals surface area contributed by atoms with Crippen molar-refractivity contribution in [3.63, 3.8) is 0 Å². The van der Waals surface area contributed by atoms with Crippen molar-refractivity contribution < 1.29 is 14.3 Å².